The Bertz CT molecular complexity index is 2560. The van der Waals surface area contributed by atoms with Crippen molar-refractivity contribution >= 4 is 54.4 Å². The van der Waals surface area contributed by atoms with Crippen LogP contribution in [-0.2, 0) is 0 Å². The van der Waals surface area contributed by atoms with E-state index in [0.29, 0.717) is 0 Å². The quantitative estimate of drug-likeness (QED) is 0.203. The van der Waals surface area contributed by atoms with Crippen molar-refractivity contribution in [1.82, 2.24) is 9.13 Å². The van der Waals surface area contributed by atoms with E-state index in [-0.39, 0.29) is 0 Å². The zero-order valence-electron chi connectivity index (χ0n) is 24.8. The molecule has 208 valence electrons. The van der Waals surface area contributed by atoms with E-state index in [1.807, 2.05) is 0 Å². The Balaban J connectivity index is 1.25. The second kappa shape index (κ2) is 9.45. The first kappa shape index (κ1) is 24.9. The zero-order valence-corrected chi connectivity index (χ0v) is 24.8. The van der Waals surface area contributed by atoms with Crippen molar-refractivity contribution in [3.63, 3.8) is 0 Å². The van der Waals surface area contributed by atoms with Gasteiger partial charge in [-0.1, -0.05) is 84.9 Å². The topological polar surface area (TPSA) is 9.86 Å². The van der Waals surface area contributed by atoms with Crippen molar-refractivity contribution in [3.05, 3.63) is 157 Å². The van der Waals surface area contributed by atoms with Gasteiger partial charge in [0.25, 0.3) is 0 Å². The first-order valence-electron chi connectivity index (χ1n) is 15.3. The summed E-state index contributed by atoms with van der Waals surface area (Å²) >= 11 is 0. The van der Waals surface area contributed by atoms with Gasteiger partial charge in [-0.25, -0.2) is 0 Å². The van der Waals surface area contributed by atoms with E-state index >= 15 is 0 Å². The minimum atomic E-state index is 1.18. The molecule has 0 aliphatic heterocycles. The van der Waals surface area contributed by atoms with E-state index in [0.717, 1.165) is 0 Å². The fraction of sp³-hybridized carbons (Fsp3) is 0.0476. The molecule has 0 bridgehead atoms. The highest BCUT2D eigenvalue weighted by molar-refractivity contribution is 6.12. The van der Waals surface area contributed by atoms with Crippen molar-refractivity contribution in [2.45, 2.75) is 13.8 Å². The largest absolute Gasteiger partial charge is 0.309 e. The van der Waals surface area contributed by atoms with Gasteiger partial charge in [0.1, 0.15) is 0 Å². The van der Waals surface area contributed by atoms with Crippen LogP contribution in [0.1, 0.15) is 11.1 Å². The second-order valence-electron chi connectivity index (χ2n) is 12.0. The third-order valence-corrected chi connectivity index (χ3v) is 9.13. The highest BCUT2D eigenvalue weighted by atomic mass is 15.0. The summed E-state index contributed by atoms with van der Waals surface area (Å²) < 4.78 is 4.82. The molecule has 2 nitrogen and oxygen atoms in total. The second-order valence-corrected chi connectivity index (χ2v) is 12.0. The molecule has 0 amide bonds. The average molecular weight is 563 g/mol. The van der Waals surface area contributed by atoms with Crippen LogP contribution in [0.3, 0.4) is 0 Å². The Morgan fingerprint density at radius 1 is 0.341 bits per heavy atom. The minimum absolute atomic E-state index is 1.18. The molecule has 7 aromatic carbocycles. The summed E-state index contributed by atoms with van der Waals surface area (Å²) in [6.07, 6.45) is 0. The molecule has 2 heterocycles. The monoisotopic (exact) mass is 562 g/mol. The van der Waals surface area contributed by atoms with E-state index in [4.69, 9.17) is 0 Å². The summed E-state index contributed by atoms with van der Waals surface area (Å²) in [5, 5.41) is 7.59. The number of aromatic nitrogens is 2. The van der Waals surface area contributed by atoms with Gasteiger partial charge in [-0.3, -0.25) is 0 Å². The molecule has 0 atom stereocenters. The Morgan fingerprint density at radius 2 is 0.841 bits per heavy atom. The molecular formula is C42H30N2. The van der Waals surface area contributed by atoms with E-state index in [1.165, 1.54) is 88.0 Å². The fourth-order valence-electron chi connectivity index (χ4n) is 7.26. The van der Waals surface area contributed by atoms with E-state index in [9.17, 15) is 0 Å². The molecule has 0 saturated carbocycles. The van der Waals surface area contributed by atoms with E-state index in [2.05, 4.69) is 169 Å². The molecule has 44 heavy (non-hydrogen) atoms. The van der Waals surface area contributed by atoms with Gasteiger partial charge in [0.15, 0.2) is 0 Å². The van der Waals surface area contributed by atoms with Crippen LogP contribution in [0.5, 0.6) is 0 Å². The summed E-state index contributed by atoms with van der Waals surface area (Å²) in [7, 11) is 0. The maximum absolute atomic E-state index is 2.41. The number of rotatable bonds is 3. The van der Waals surface area contributed by atoms with Gasteiger partial charge >= 0.3 is 0 Å². The van der Waals surface area contributed by atoms with Crippen LogP contribution >= 0.6 is 0 Å². The highest BCUT2D eigenvalue weighted by Crippen LogP contribution is 2.38. The molecule has 0 unspecified atom stereocenters. The van der Waals surface area contributed by atoms with Crippen molar-refractivity contribution < 1.29 is 0 Å². The lowest BCUT2D eigenvalue weighted by atomic mass is 10.0. The molecule has 0 saturated heterocycles. The van der Waals surface area contributed by atoms with Crippen LogP contribution in [0.4, 0.5) is 0 Å². The predicted molar refractivity (Wildman–Crippen MR) is 188 cm³/mol. The van der Waals surface area contributed by atoms with Crippen LogP contribution in [0.2, 0.25) is 0 Å². The van der Waals surface area contributed by atoms with Crippen LogP contribution in [-0.4, -0.2) is 9.13 Å². The SMILES string of the molecule is Cc1cc(C)cc(-n2c3ccccc3c3cc(-c4ccc5c(c4)c4ccccc4n5-c4ccc5ccccc5c4)ccc32)c1. The van der Waals surface area contributed by atoms with Gasteiger partial charge < -0.3 is 9.13 Å². The summed E-state index contributed by atoms with van der Waals surface area (Å²) in [5.74, 6) is 0. The first-order valence-corrected chi connectivity index (χ1v) is 15.3. The molecular weight excluding hydrogens is 532 g/mol. The van der Waals surface area contributed by atoms with Gasteiger partial charge in [-0.15, -0.1) is 0 Å². The van der Waals surface area contributed by atoms with Crippen LogP contribution in [0, 0.1) is 13.8 Å². The van der Waals surface area contributed by atoms with Gasteiger partial charge in [-0.2, -0.15) is 0 Å². The maximum atomic E-state index is 2.41. The third kappa shape index (κ3) is 3.74. The van der Waals surface area contributed by atoms with Gasteiger partial charge in [-0.05, 0) is 108 Å². The number of para-hydroxylation sites is 2. The maximum Gasteiger partial charge on any atom is 0.0541 e. The average Bonchev–Trinajstić information content (AvgIpc) is 3.56. The summed E-state index contributed by atoms with van der Waals surface area (Å²) in [6.45, 7) is 4.35. The molecule has 0 spiro atoms. The van der Waals surface area contributed by atoms with E-state index < -0.39 is 0 Å². The fourth-order valence-corrected chi connectivity index (χ4v) is 7.26. The van der Waals surface area contributed by atoms with Crippen molar-refractivity contribution in [2.24, 2.45) is 0 Å². The normalized spacial score (nSPS) is 11.9. The number of fused-ring (bicyclic) bond motifs is 7. The minimum Gasteiger partial charge on any atom is -0.309 e. The van der Waals surface area contributed by atoms with Crippen LogP contribution in [0.25, 0.3) is 76.9 Å². The summed E-state index contributed by atoms with van der Waals surface area (Å²) in [6, 6.07) is 53.6. The lowest BCUT2D eigenvalue weighted by Gasteiger charge is -2.11. The molecule has 2 aromatic heterocycles. The Morgan fingerprint density at radius 3 is 1.45 bits per heavy atom. The molecule has 2 heteroatoms. The van der Waals surface area contributed by atoms with Gasteiger partial charge in [0.2, 0.25) is 0 Å². The molecule has 0 fully saturated rings. The molecule has 9 rings (SSSR count). The summed E-state index contributed by atoms with van der Waals surface area (Å²) in [4.78, 5) is 0. The van der Waals surface area contributed by atoms with Crippen LogP contribution in [0.15, 0.2) is 146 Å². The number of hydrogen-bond donors (Lipinski definition) is 0. The Kier molecular flexibility index (Phi) is 5.36. The molecule has 0 radical (unpaired) electrons. The smallest absolute Gasteiger partial charge is 0.0541 e. The standard InChI is InChI=1S/C42H30N2/c1-27-21-28(2)23-34(22-27)44-40-14-8-6-12-36(40)38-26-32(17-20-42(38)44)31-16-19-41-37(25-31)35-11-5-7-13-39(35)43(41)33-18-15-29-9-3-4-10-30(29)24-33/h3-26H,1-2H3. The van der Waals surface area contributed by atoms with E-state index in [1.54, 1.807) is 0 Å². The first-order chi connectivity index (χ1) is 21.6. The lowest BCUT2D eigenvalue weighted by Crippen LogP contribution is -1.95. The Hall–Kier alpha value is -5.60. The number of hydrogen-bond acceptors (Lipinski definition) is 0. The molecule has 0 aliphatic carbocycles. The van der Waals surface area contributed by atoms with Crippen LogP contribution < -0.4 is 0 Å². The third-order valence-electron chi connectivity index (χ3n) is 9.13. The Labute approximate surface area is 256 Å². The van der Waals surface area contributed by atoms with Crippen molar-refractivity contribution in [1.29, 1.82) is 0 Å². The number of benzene rings is 7. The lowest BCUT2D eigenvalue weighted by molar-refractivity contribution is 1.16. The summed E-state index contributed by atoms with van der Waals surface area (Å²) in [5.41, 5.74) is 12.3. The van der Waals surface area contributed by atoms with Gasteiger partial charge in [0.05, 0.1) is 22.1 Å². The molecule has 9 aromatic rings. The van der Waals surface area contributed by atoms with Gasteiger partial charge in [0, 0.05) is 32.9 Å². The van der Waals surface area contributed by atoms with Crippen molar-refractivity contribution in [2.75, 3.05) is 0 Å². The number of nitrogens with zero attached hydrogens (tertiary/aromatic N) is 2. The highest BCUT2D eigenvalue weighted by Gasteiger charge is 2.16. The van der Waals surface area contributed by atoms with Crippen molar-refractivity contribution in [3.8, 4) is 22.5 Å². The zero-order chi connectivity index (χ0) is 29.4. The number of aryl methyl sites for hydroxylation is 2. The molecule has 0 N–H and O–H groups in total. The predicted octanol–water partition coefficient (Wildman–Crippen LogP) is 11.3. The molecule has 0 aliphatic rings.